The lowest BCUT2D eigenvalue weighted by molar-refractivity contribution is -0.0498. The second-order valence-corrected chi connectivity index (χ2v) is 7.74. The number of alkyl halides is 2. The Morgan fingerprint density at radius 2 is 1.44 bits per heavy atom. The predicted molar refractivity (Wildman–Crippen MR) is 107 cm³/mol. The van der Waals surface area contributed by atoms with Crippen molar-refractivity contribution in [3.63, 3.8) is 0 Å². The van der Waals surface area contributed by atoms with E-state index in [1.54, 1.807) is 12.1 Å². The molecule has 0 radical (unpaired) electrons. The van der Waals surface area contributed by atoms with Crippen LogP contribution >= 0.6 is 0 Å². The van der Waals surface area contributed by atoms with Gasteiger partial charge < -0.3 is 4.74 Å². The molecule has 1 aliphatic rings. The first kappa shape index (κ1) is 19.9. The van der Waals surface area contributed by atoms with Crippen molar-refractivity contribution in [1.29, 1.82) is 0 Å². The quantitative estimate of drug-likeness (QED) is 0.429. The summed E-state index contributed by atoms with van der Waals surface area (Å²) >= 11 is 0. The molecule has 1 nitrogen and oxygen atoms in total. The van der Waals surface area contributed by atoms with Crippen LogP contribution in [0.2, 0.25) is 0 Å². The number of unbranched alkanes of at least 4 members (excludes halogenated alkanes) is 2. The minimum absolute atomic E-state index is 0.195. The molecule has 0 aliphatic heterocycles. The highest BCUT2D eigenvalue weighted by molar-refractivity contribution is 5.64. The summed E-state index contributed by atoms with van der Waals surface area (Å²) in [7, 11) is 0. The van der Waals surface area contributed by atoms with Crippen molar-refractivity contribution < 1.29 is 13.5 Å². The molecule has 27 heavy (non-hydrogen) atoms. The third kappa shape index (κ3) is 5.79. The number of halogens is 2. The Balaban J connectivity index is 1.55. The van der Waals surface area contributed by atoms with Crippen LogP contribution in [-0.4, -0.2) is 6.61 Å². The maximum absolute atomic E-state index is 12.2. The Morgan fingerprint density at radius 1 is 0.852 bits per heavy atom. The Bertz CT molecular complexity index is 671. The van der Waals surface area contributed by atoms with Crippen LogP contribution in [0.5, 0.6) is 5.75 Å². The summed E-state index contributed by atoms with van der Waals surface area (Å²) in [6.07, 6.45) is 10.8. The van der Waals surface area contributed by atoms with Gasteiger partial charge in [0.25, 0.3) is 0 Å². The number of hydrogen-bond acceptors (Lipinski definition) is 1. The molecular weight excluding hydrogens is 342 g/mol. The van der Waals surface area contributed by atoms with Gasteiger partial charge in [-0.25, -0.2) is 0 Å². The zero-order chi connectivity index (χ0) is 19.1. The second kappa shape index (κ2) is 9.87. The average Bonchev–Trinajstić information content (AvgIpc) is 2.69. The molecule has 3 rings (SSSR count). The maximum Gasteiger partial charge on any atom is 0.387 e. The van der Waals surface area contributed by atoms with Crippen molar-refractivity contribution in [3.05, 3.63) is 54.1 Å². The third-order valence-electron chi connectivity index (χ3n) is 5.86. The summed E-state index contributed by atoms with van der Waals surface area (Å²) in [6, 6.07) is 15.6. The first-order valence-electron chi connectivity index (χ1n) is 10.3. The van der Waals surface area contributed by atoms with Gasteiger partial charge in [0.15, 0.2) is 0 Å². The topological polar surface area (TPSA) is 9.23 Å². The van der Waals surface area contributed by atoms with Crippen molar-refractivity contribution in [3.8, 4) is 16.9 Å². The highest BCUT2D eigenvalue weighted by Crippen LogP contribution is 2.38. The van der Waals surface area contributed by atoms with E-state index in [1.165, 1.54) is 56.9 Å². The van der Waals surface area contributed by atoms with Gasteiger partial charge in [-0.1, -0.05) is 69.0 Å². The molecular formula is C24H30F2O. The lowest BCUT2D eigenvalue weighted by atomic mass is 9.77. The van der Waals surface area contributed by atoms with Gasteiger partial charge in [-0.2, -0.15) is 8.78 Å². The Hall–Kier alpha value is -1.90. The number of hydrogen-bond donors (Lipinski definition) is 0. The molecule has 1 saturated carbocycles. The Labute approximate surface area is 161 Å². The fourth-order valence-corrected chi connectivity index (χ4v) is 4.24. The van der Waals surface area contributed by atoms with E-state index < -0.39 is 6.61 Å². The SMILES string of the molecule is CCCCCC1CCC(c2ccc(-c3ccc(OC(F)F)cc3)cc2)CC1. The van der Waals surface area contributed by atoms with E-state index in [4.69, 9.17) is 0 Å². The summed E-state index contributed by atoms with van der Waals surface area (Å²) in [4.78, 5) is 0. The van der Waals surface area contributed by atoms with Gasteiger partial charge in [-0.05, 0) is 66.3 Å². The smallest absolute Gasteiger partial charge is 0.387 e. The van der Waals surface area contributed by atoms with Crippen LogP contribution in [0.4, 0.5) is 8.78 Å². The van der Waals surface area contributed by atoms with E-state index in [0.717, 1.165) is 17.0 Å². The van der Waals surface area contributed by atoms with Crippen LogP contribution in [0, 0.1) is 5.92 Å². The number of benzene rings is 2. The molecule has 2 aromatic carbocycles. The molecule has 0 aromatic heterocycles. The largest absolute Gasteiger partial charge is 0.435 e. The molecule has 3 heteroatoms. The van der Waals surface area contributed by atoms with Gasteiger partial charge in [0.2, 0.25) is 0 Å². The molecule has 146 valence electrons. The first-order valence-corrected chi connectivity index (χ1v) is 10.3. The normalized spacial score (nSPS) is 20.0. The van der Waals surface area contributed by atoms with Crippen molar-refractivity contribution >= 4 is 0 Å². The molecule has 1 fully saturated rings. The minimum Gasteiger partial charge on any atom is -0.435 e. The van der Waals surface area contributed by atoms with E-state index in [1.807, 2.05) is 12.1 Å². The number of rotatable bonds is 8. The highest BCUT2D eigenvalue weighted by atomic mass is 19.3. The number of ether oxygens (including phenoxy) is 1. The lowest BCUT2D eigenvalue weighted by Gasteiger charge is -2.29. The maximum atomic E-state index is 12.2. The molecule has 1 aliphatic carbocycles. The molecule has 0 spiro atoms. The van der Waals surface area contributed by atoms with Gasteiger partial charge in [-0.3, -0.25) is 0 Å². The Morgan fingerprint density at radius 3 is 2.00 bits per heavy atom. The van der Waals surface area contributed by atoms with Crippen LogP contribution in [0.25, 0.3) is 11.1 Å². The minimum atomic E-state index is -2.78. The molecule has 0 saturated heterocycles. The lowest BCUT2D eigenvalue weighted by Crippen LogP contribution is -2.13. The Kier molecular flexibility index (Phi) is 7.25. The van der Waals surface area contributed by atoms with Crippen LogP contribution in [-0.2, 0) is 0 Å². The molecule has 2 aromatic rings. The summed E-state index contributed by atoms with van der Waals surface area (Å²) in [5, 5.41) is 0. The zero-order valence-corrected chi connectivity index (χ0v) is 16.2. The van der Waals surface area contributed by atoms with E-state index in [9.17, 15) is 8.78 Å². The van der Waals surface area contributed by atoms with Crippen LogP contribution in [0.3, 0.4) is 0 Å². The van der Waals surface area contributed by atoms with E-state index in [-0.39, 0.29) is 5.75 Å². The summed E-state index contributed by atoms with van der Waals surface area (Å²) < 4.78 is 28.9. The molecule has 0 unspecified atom stereocenters. The second-order valence-electron chi connectivity index (χ2n) is 7.74. The van der Waals surface area contributed by atoms with Crippen molar-refractivity contribution in [1.82, 2.24) is 0 Å². The molecule has 0 amide bonds. The van der Waals surface area contributed by atoms with E-state index >= 15 is 0 Å². The highest BCUT2D eigenvalue weighted by Gasteiger charge is 2.22. The molecule has 0 bridgehead atoms. The molecule has 0 atom stereocenters. The van der Waals surface area contributed by atoms with Gasteiger partial charge in [0.1, 0.15) is 5.75 Å². The van der Waals surface area contributed by atoms with Crippen LogP contribution in [0.1, 0.15) is 69.8 Å². The van der Waals surface area contributed by atoms with Crippen LogP contribution in [0.15, 0.2) is 48.5 Å². The van der Waals surface area contributed by atoms with Gasteiger partial charge in [-0.15, -0.1) is 0 Å². The van der Waals surface area contributed by atoms with Gasteiger partial charge in [0.05, 0.1) is 0 Å². The first-order chi connectivity index (χ1) is 13.2. The van der Waals surface area contributed by atoms with Crippen molar-refractivity contribution in [2.75, 3.05) is 0 Å². The van der Waals surface area contributed by atoms with Gasteiger partial charge in [0, 0.05) is 0 Å². The average molecular weight is 372 g/mol. The predicted octanol–water partition coefficient (Wildman–Crippen LogP) is 7.81. The van der Waals surface area contributed by atoms with Crippen molar-refractivity contribution in [2.45, 2.75) is 70.8 Å². The monoisotopic (exact) mass is 372 g/mol. The third-order valence-corrected chi connectivity index (χ3v) is 5.86. The fourth-order valence-electron chi connectivity index (χ4n) is 4.24. The standard InChI is InChI=1S/C24H30F2O/c1-2-3-4-5-18-6-8-19(9-7-18)20-10-12-21(13-11-20)22-14-16-23(17-15-22)27-24(25)26/h10-19,24H,2-9H2,1H3. The fraction of sp³-hybridized carbons (Fsp3) is 0.500. The molecule has 0 N–H and O–H groups in total. The van der Waals surface area contributed by atoms with Crippen LogP contribution < -0.4 is 4.74 Å². The van der Waals surface area contributed by atoms with E-state index in [2.05, 4.69) is 35.9 Å². The van der Waals surface area contributed by atoms with Crippen molar-refractivity contribution in [2.24, 2.45) is 5.92 Å². The summed E-state index contributed by atoms with van der Waals surface area (Å²) in [5.41, 5.74) is 3.56. The zero-order valence-electron chi connectivity index (χ0n) is 16.2. The molecule has 0 heterocycles. The van der Waals surface area contributed by atoms with Gasteiger partial charge >= 0.3 is 6.61 Å². The summed E-state index contributed by atoms with van der Waals surface area (Å²) in [6.45, 7) is -0.511. The summed E-state index contributed by atoms with van der Waals surface area (Å²) in [5.74, 6) is 1.81. The van der Waals surface area contributed by atoms with E-state index in [0.29, 0.717) is 5.92 Å².